The van der Waals surface area contributed by atoms with Crippen LogP contribution >= 0.6 is 0 Å². The molecule has 0 N–H and O–H groups in total. The van der Waals surface area contributed by atoms with Crippen LogP contribution in [-0.4, -0.2) is 48.0 Å². The number of morpholine rings is 1. The van der Waals surface area contributed by atoms with E-state index in [4.69, 9.17) is 4.74 Å². The molecule has 6 heteroatoms. The number of rotatable bonds is 2. The zero-order valence-corrected chi connectivity index (χ0v) is 15.8. The van der Waals surface area contributed by atoms with E-state index < -0.39 is 5.92 Å². The lowest BCUT2D eigenvalue weighted by Crippen LogP contribution is -2.55. The zero-order chi connectivity index (χ0) is 19.2. The van der Waals surface area contributed by atoms with Crippen molar-refractivity contribution >= 4 is 11.7 Å². The Morgan fingerprint density at radius 2 is 1.81 bits per heavy atom. The van der Waals surface area contributed by atoms with Crippen molar-refractivity contribution in [3.05, 3.63) is 46.9 Å². The minimum Gasteiger partial charge on any atom is -0.379 e. The van der Waals surface area contributed by atoms with Crippen LogP contribution in [0.2, 0.25) is 0 Å². The molecule has 1 aliphatic carbocycles. The van der Waals surface area contributed by atoms with Crippen LogP contribution in [0.15, 0.2) is 35.5 Å². The number of hydrogen-bond donors (Lipinski definition) is 0. The van der Waals surface area contributed by atoms with Crippen LogP contribution in [0.25, 0.3) is 0 Å². The number of carbonyl (C=O) groups excluding carboxylic acids is 2. The van der Waals surface area contributed by atoms with Gasteiger partial charge in [-0.1, -0.05) is 32.0 Å². The van der Waals surface area contributed by atoms with Crippen LogP contribution in [0.1, 0.15) is 44.6 Å². The first-order chi connectivity index (χ1) is 12.9. The minimum absolute atomic E-state index is 0.0280. The van der Waals surface area contributed by atoms with E-state index in [1.165, 1.54) is 6.07 Å². The van der Waals surface area contributed by atoms with Gasteiger partial charge in [0.25, 0.3) is 0 Å². The topological polar surface area (TPSA) is 49.9 Å². The van der Waals surface area contributed by atoms with Crippen molar-refractivity contribution in [3.8, 4) is 0 Å². The van der Waals surface area contributed by atoms with Crippen LogP contribution in [0.5, 0.6) is 0 Å². The molecular formula is C21H25FN2O3. The molecule has 1 amide bonds. The molecule has 1 unspecified atom stereocenters. The second-order valence-electron chi connectivity index (χ2n) is 8.35. The fraction of sp³-hybridized carbons (Fsp3) is 0.524. The maximum Gasteiger partial charge on any atom is 0.242 e. The maximum absolute atomic E-state index is 14.5. The molecule has 27 heavy (non-hydrogen) atoms. The van der Waals surface area contributed by atoms with Gasteiger partial charge in [0.05, 0.1) is 13.2 Å². The highest BCUT2D eigenvalue weighted by Gasteiger charge is 2.46. The monoisotopic (exact) mass is 372 g/mol. The Hall–Kier alpha value is -2.05. The summed E-state index contributed by atoms with van der Waals surface area (Å²) in [5.41, 5.74) is 1.58. The molecule has 1 aromatic rings. The first kappa shape index (κ1) is 18.3. The summed E-state index contributed by atoms with van der Waals surface area (Å²) in [6.45, 7) is 6.43. The van der Waals surface area contributed by atoms with E-state index in [9.17, 15) is 14.0 Å². The molecule has 5 nitrogen and oxygen atoms in total. The van der Waals surface area contributed by atoms with E-state index in [0.29, 0.717) is 50.3 Å². The minimum atomic E-state index is -0.505. The van der Waals surface area contributed by atoms with Crippen molar-refractivity contribution in [2.45, 2.75) is 39.0 Å². The van der Waals surface area contributed by atoms with Crippen molar-refractivity contribution in [1.29, 1.82) is 0 Å². The van der Waals surface area contributed by atoms with Gasteiger partial charge in [0.2, 0.25) is 5.91 Å². The van der Waals surface area contributed by atoms with Gasteiger partial charge in [-0.15, -0.1) is 0 Å². The second-order valence-corrected chi connectivity index (χ2v) is 8.35. The number of Topliss-reactive ketones (excluding diaryl/α,β-unsaturated/α-hetero) is 1. The molecule has 1 atom stereocenters. The summed E-state index contributed by atoms with van der Waals surface area (Å²) in [7, 11) is 0. The molecule has 0 saturated carbocycles. The maximum atomic E-state index is 14.5. The third-order valence-electron chi connectivity index (χ3n) is 5.67. The Kier molecular flexibility index (Phi) is 4.64. The Morgan fingerprint density at radius 3 is 2.52 bits per heavy atom. The largest absolute Gasteiger partial charge is 0.379 e. The van der Waals surface area contributed by atoms with Crippen LogP contribution in [0.4, 0.5) is 4.39 Å². The number of ether oxygens (including phenoxy) is 1. The van der Waals surface area contributed by atoms with E-state index in [1.54, 1.807) is 23.2 Å². The molecule has 144 valence electrons. The summed E-state index contributed by atoms with van der Waals surface area (Å²) in [5.74, 6) is -0.913. The SMILES string of the molecule is CC1(C)CC(=O)C2=C(C1)N(N1CCOCC1)C(=O)CC2c1ccccc1F. The van der Waals surface area contributed by atoms with Gasteiger partial charge >= 0.3 is 0 Å². The van der Waals surface area contributed by atoms with Gasteiger partial charge in [-0.05, 0) is 23.5 Å². The highest BCUT2D eigenvalue weighted by Crippen LogP contribution is 2.47. The molecule has 2 heterocycles. The average molecular weight is 372 g/mol. The lowest BCUT2D eigenvalue weighted by atomic mass is 9.69. The standard InChI is InChI=1S/C21H25FN2O3/c1-21(2)12-17-20(18(25)13-21)15(14-5-3-4-6-16(14)22)11-19(26)24(17)23-7-9-27-10-8-23/h3-6,15H,7-13H2,1-2H3. The van der Waals surface area contributed by atoms with Gasteiger partial charge in [-0.3, -0.25) is 9.59 Å². The molecule has 0 spiro atoms. The molecule has 1 saturated heterocycles. The Balaban J connectivity index is 1.84. The number of hydrogen-bond acceptors (Lipinski definition) is 4. The first-order valence-corrected chi connectivity index (χ1v) is 9.53. The average Bonchev–Trinajstić information content (AvgIpc) is 2.61. The number of benzene rings is 1. The summed E-state index contributed by atoms with van der Waals surface area (Å²) in [6.07, 6.45) is 1.16. The summed E-state index contributed by atoms with van der Waals surface area (Å²) in [4.78, 5) is 26.2. The van der Waals surface area contributed by atoms with Crippen molar-refractivity contribution in [1.82, 2.24) is 10.0 Å². The molecule has 0 bridgehead atoms. The summed E-state index contributed by atoms with van der Waals surface area (Å²) in [5, 5.41) is 3.68. The Bertz CT molecular complexity index is 811. The van der Waals surface area contributed by atoms with Crippen molar-refractivity contribution < 1.29 is 18.7 Å². The smallest absolute Gasteiger partial charge is 0.242 e. The summed E-state index contributed by atoms with van der Waals surface area (Å²) >= 11 is 0. The van der Waals surface area contributed by atoms with Gasteiger partial charge in [0.1, 0.15) is 5.82 Å². The number of carbonyl (C=O) groups is 2. The van der Waals surface area contributed by atoms with Crippen molar-refractivity contribution in [2.24, 2.45) is 5.41 Å². The normalized spacial score (nSPS) is 26.3. The van der Waals surface area contributed by atoms with E-state index in [-0.39, 0.29) is 29.3 Å². The van der Waals surface area contributed by atoms with E-state index in [2.05, 4.69) is 0 Å². The molecule has 1 aromatic carbocycles. The summed E-state index contributed by atoms with van der Waals surface area (Å²) in [6, 6.07) is 6.47. The third-order valence-corrected chi connectivity index (χ3v) is 5.67. The predicted molar refractivity (Wildman–Crippen MR) is 98.0 cm³/mol. The number of amides is 1. The van der Waals surface area contributed by atoms with Crippen LogP contribution < -0.4 is 0 Å². The molecule has 4 rings (SSSR count). The van der Waals surface area contributed by atoms with E-state index in [0.717, 1.165) is 5.70 Å². The van der Waals surface area contributed by atoms with Gasteiger partial charge in [-0.25, -0.2) is 14.4 Å². The van der Waals surface area contributed by atoms with Crippen molar-refractivity contribution in [2.75, 3.05) is 26.3 Å². The molecular weight excluding hydrogens is 347 g/mol. The number of hydrazine groups is 1. The molecule has 2 aliphatic heterocycles. The quantitative estimate of drug-likeness (QED) is 0.801. The van der Waals surface area contributed by atoms with Gasteiger partial charge in [0, 0.05) is 43.1 Å². The van der Waals surface area contributed by atoms with Crippen LogP contribution in [0, 0.1) is 11.2 Å². The Labute approximate surface area is 158 Å². The zero-order valence-electron chi connectivity index (χ0n) is 15.8. The fourth-order valence-corrected chi connectivity index (χ4v) is 4.51. The highest BCUT2D eigenvalue weighted by atomic mass is 19.1. The van der Waals surface area contributed by atoms with E-state index in [1.807, 2.05) is 18.9 Å². The molecule has 0 aromatic heterocycles. The van der Waals surface area contributed by atoms with Crippen molar-refractivity contribution in [3.63, 3.8) is 0 Å². The molecule has 1 fully saturated rings. The lowest BCUT2D eigenvalue weighted by Gasteiger charge is -2.47. The second kappa shape index (κ2) is 6.84. The molecule has 0 radical (unpaired) electrons. The highest BCUT2D eigenvalue weighted by molar-refractivity contribution is 6.02. The van der Waals surface area contributed by atoms with Gasteiger partial charge in [-0.2, -0.15) is 0 Å². The third kappa shape index (κ3) is 3.32. The van der Waals surface area contributed by atoms with Crippen LogP contribution in [-0.2, 0) is 14.3 Å². The molecule has 3 aliphatic rings. The number of ketones is 1. The van der Waals surface area contributed by atoms with Gasteiger partial charge < -0.3 is 4.74 Å². The number of halogens is 1. The van der Waals surface area contributed by atoms with Crippen LogP contribution in [0.3, 0.4) is 0 Å². The first-order valence-electron chi connectivity index (χ1n) is 9.53. The predicted octanol–water partition coefficient (Wildman–Crippen LogP) is 3.03. The summed E-state index contributed by atoms with van der Waals surface area (Å²) < 4.78 is 19.9. The number of allylic oxidation sites excluding steroid dienone is 2. The fourth-order valence-electron chi connectivity index (χ4n) is 4.51. The lowest BCUT2D eigenvalue weighted by molar-refractivity contribution is -0.154. The van der Waals surface area contributed by atoms with Gasteiger partial charge in [0.15, 0.2) is 5.78 Å². The Morgan fingerprint density at radius 1 is 1.11 bits per heavy atom. The van der Waals surface area contributed by atoms with E-state index >= 15 is 0 Å². The number of nitrogens with zero attached hydrogens (tertiary/aromatic N) is 2.